The third-order valence-corrected chi connectivity index (χ3v) is 3.72. The lowest BCUT2D eigenvalue weighted by Crippen LogP contribution is -2.34. The Hall–Kier alpha value is -0.860. The summed E-state index contributed by atoms with van der Waals surface area (Å²) >= 11 is 0. The van der Waals surface area contributed by atoms with Crippen molar-refractivity contribution < 1.29 is 0 Å². The smallest absolute Gasteiger partial charge is 0.0119 e. The molecule has 0 bridgehead atoms. The summed E-state index contributed by atoms with van der Waals surface area (Å²) < 4.78 is 0. The van der Waals surface area contributed by atoms with Crippen LogP contribution >= 0.6 is 0 Å². The standard InChI is InChI=1S/C18H32N2/c1-7-19-17(12-13-20(5)6)14-15-8-10-16(11-9-15)18(2,3)4/h8-11,17,19H,7,12-14H2,1-6H3. The molecular formula is C18H32N2. The van der Waals surface area contributed by atoms with Gasteiger partial charge in [0.05, 0.1) is 0 Å². The van der Waals surface area contributed by atoms with Crippen LogP contribution in [0.15, 0.2) is 24.3 Å². The van der Waals surface area contributed by atoms with Crippen LogP contribution in [0.1, 0.15) is 45.2 Å². The van der Waals surface area contributed by atoms with Crippen molar-refractivity contribution in [1.82, 2.24) is 10.2 Å². The molecule has 0 aliphatic carbocycles. The maximum absolute atomic E-state index is 3.60. The Balaban J connectivity index is 2.64. The summed E-state index contributed by atoms with van der Waals surface area (Å²) in [7, 11) is 4.28. The number of nitrogens with zero attached hydrogens (tertiary/aromatic N) is 1. The van der Waals surface area contributed by atoms with E-state index in [1.54, 1.807) is 0 Å². The van der Waals surface area contributed by atoms with Crippen molar-refractivity contribution in [3.63, 3.8) is 0 Å². The number of benzene rings is 1. The molecule has 2 nitrogen and oxygen atoms in total. The molecule has 0 aromatic heterocycles. The van der Waals surface area contributed by atoms with Crippen molar-refractivity contribution in [1.29, 1.82) is 0 Å². The number of hydrogen-bond acceptors (Lipinski definition) is 2. The van der Waals surface area contributed by atoms with Crippen molar-refractivity contribution in [3.05, 3.63) is 35.4 Å². The Kier molecular flexibility index (Phi) is 6.70. The lowest BCUT2D eigenvalue weighted by Gasteiger charge is -2.22. The van der Waals surface area contributed by atoms with E-state index in [0.29, 0.717) is 6.04 Å². The molecule has 114 valence electrons. The van der Waals surface area contributed by atoms with Crippen LogP contribution in [0.2, 0.25) is 0 Å². The fourth-order valence-corrected chi connectivity index (χ4v) is 2.40. The Bertz CT molecular complexity index is 373. The first-order valence-electron chi connectivity index (χ1n) is 7.80. The number of likely N-dealkylation sites (N-methyl/N-ethyl adjacent to an activating group) is 1. The maximum Gasteiger partial charge on any atom is 0.0119 e. The van der Waals surface area contributed by atoms with Crippen LogP contribution in [0.3, 0.4) is 0 Å². The van der Waals surface area contributed by atoms with Gasteiger partial charge < -0.3 is 10.2 Å². The van der Waals surface area contributed by atoms with Gasteiger partial charge in [-0.1, -0.05) is 52.0 Å². The highest BCUT2D eigenvalue weighted by molar-refractivity contribution is 5.28. The highest BCUT2D eigenvalue weighted by Gasteiger charge is 2.14. The summed E-state index contributed by atoms with van der Waals surface area (Å²) in [5.41, 5.74) is 3.09. The summed E-state index contributed by atoms with van der Waals surface area (Å²) in [4.78, 5) is 2.26. The molecule has 1 rings (SSSR count). The molecule has 0 amide bonds. The second kappa shape index (κ2) is 7.80. The molecular weight excluding hydrogens is 244 g/mol. The van der Waals surface area contributed by atoms with Crippen LogP contribution in [-0.4, -0.2) is 38.1 Å². The van der Waals surface area contributed by atoms with Gasteiger partial charge in [0.1, 0.15) is 0 Å². The zero-order valence-corrected chi connectivity index (χ0v) is 14.2. The van der Waals surface area contributed by atoms with Gasteiger partial charge in [-0.05, 0) is 56.6 Å². The number of nitrogens with one attached hydrogen (secondary N) is 1. The fourth-order valence-electron chi connectivity index (χ4n) is 2.40. The molecule has 0 radical (unpaired) electrons. The first-order valence-corrected chi connectivity index (χ1v) is 7.80. The summed E-state index contributed by atoms with van der Waals surface area (Å²) in [5, 5.41) is 3.60. The van der Waals surface area contributed by atoms with E-state index < -0.39 is 0 Å². The van der Waals surface area contributed by atoms with Gasteiger partial charge in [0.15, 0.2) is 0 Å². The summed E-state index contributed by atoms with van der Waals surface area (Å²) in [5.74, 6) is 0. The number of hydrogen-bond donors (Lipinski definition) is 1. The monoisotopic (exact) mass is 276 g/mol. The van der Waals surface area contributed by atoms with E-state index in [1.807, 2.05) is 0 Å². The van der Waals surface area contributed by atoms with Crippen LogP contribution < -0.4 is 5.32 Å². The Morgan fingerprint density at radius 1 is 1.10 bits per heavy atom. The highest BCUT2D eigenvalue weighted by atomic mass is 15.1. The molecule has 1 atom stereocenters. The minimum atomic E-state index is 0.241. The molecule has 1 aromatic rings. The zero-order chi connectivity index (χ0) is 15.2. The first-order chi connectivity index (χ1) is 9.32. The van der Waals surface area contributed by atoms with Gasteiger partial charge in [-0.3, -0.25) is 0 Å². The first kappa shape index (κ1) is 17.2. The molecule has 0 fully saturated rings. The molecule has 1 N–H and O–H groups in total. The van der Waals surface area contributed by atoms with Gasteiger partial charge in [0, 0.05) is 6.04 Å². The van der Waals surface area contributed by atoms with Crippen molar-refractivity contribution in [3.8, 4) is 0 Å². The predicted molar refractivity (Wildman–Crippen MR) is 89.5 cm³/mol. The molecule has 2 heteroatoms. The zero-order valence-electron chi connectivity index (χ0n) is 14.2. The van der Waals surface area contributed by atoms with Gasteiger partial charge in [-0.25, -0.2) is 0 Å². The Morgan fingerprint density at radius 3 is 2.15 bits per heavy atom. The van der Waals surface area contributed by atoms with Crippen LogP contribution in [0.5, 0.6) is 0 Å². The average molecular weight is 276 g/mol. The quantitative estimate of drug-likeness (QED) is 0.820. The van der Waals surface area contributed by atoms with Crippen molar-refractivity contribution >= 4 is 0 Å². The third kappa shape index (κ3) is 6.06. The van der Waals surface area contributed by atoms with E-state index in [0.717, 1.165) is 19.5 Å². The molecule has 0 saturated carbocycles. The molecule has 1 unspecified atom stereocenters. The Morgan fingerprint density at radius 2 is 1.70 bits per heavy atom. The SMILES string of the molecule is CCNC(CCN(C)C)Cc1ccc(C(C)(C)C)cc1. The van der Waals surface area contributed by atoms with E-state index in [-0.39, 0.29) is 5.41 Å². The van der Waals surface area contributed by atoms with Gasteiger partial charge in [0.25, 0.3) is 0 Å². The second-order valence-electron chi connectivity index (χ2n) is 7.00. The van der Waals surface area contributed by atoms with Crippen molar-refractivity contribution in [2.24, 2.45) is 0 Å². The van der Waals surface area contributed by atoms with Gasteiger partial charge in [0.2, 0.25) is 0 Å². The summed E-state index contributed by atoms with van der Waals surface area (Å²) in [6.07, 6.45) is 2.31. The highest BCUT2D eigenvalue weighted by Crippen LogP contribution is 2.22. The molecule has 0 aliphatic rings. The predicted octanol–water partition coefficient (Wildman–Crippen LogP) is 3.46. The van der Waals surface area contributed by atoms with Crippen molar-refractivity contribution in [2.75, 3.05) is 27.2 Å². The van der Waals surface area contributed by atoms with Gasteiger partial charge >= 0.3 is 0 Å². The average Bonchev–Trinajstić information content (AvgIpc) is 2.36. The molecule has 0 heterocycles. The van der Waals surface area contributed by atoms with Crippen LogP contribution in [0, 0.1) is 0 Å². The van der Waals surface area contributed by atoms with E-state index in [2.05, 4.69) is 76.3 Å². The number of rotatable bonds is 7. The van der Waals surface area contributed by atoms with Gasteiger partial charge in [-0.15, -0.1) is 0 Å². The largest absolute Gasteiger partial charge is 0.314 e. The van der Waals surface area contributed by atoms with Crippen LogP contribution in [-0.2, 0) is 11.8 Å². The second-order valence-corrected chi connectivity index (χ2v) is 7.00. The summed E-state index contributed by atoms with van der Waals surface area (Å²) in [6, 6.07) is 9.72. The molecule has 20 heavy (non-hydrogen) atoms. The molecule has 0 spiro atoms. The molecule has 0 saturated heterocycles. The lowest BCUT2D eigenvalue weighted by molar-refractivity contribution is 0.358. The van der Waals surface area contributed by atoms with Crippen LogP contribution in [0.25, 0.3) is 0 Å². The van der Waals surface area contributed by atoms with E-state index in [1.165, 1.54) is 17.5 Å². The molecule has 1 aromatic carbocycles. The Labute approximate surface area is 125 Å². The minimum absolute atomic E-state index is 0.241. The normalized spacial score (nSPS) is 13.8. The fraction of sp³-hybridized carbons (Fsp3) is 0.667. The minimum Gasteiger partial charge on any atom is -0.314 e. The van der Waals surface area contributed by atoms with E-state index in [9.17, 15) is 0 Å². The van der Waals surface area contributed by atoms with E-state index in [4.69, 9.17) is 0 Å². The lowest BCUT2D eigenvalue weighted by atomic mass is 9.86. The molecule has 0 aliphatic heterocycles. The van der Waals surface area contributed by atoms with E-state index >= 15 is 0 Å². The van der Waals surface area contributed by atoms with Crippen molar-refractivity contribution in [2.45, 2.75) is 52.0 Å². The summed E-state index contributed by atoms with van der Waals surface area (Å²) in [6.45, 7) is 11.2. The van der Waals surface area contributed by atoms with Crippen LogP contribution in [0.4, 0.5) is 0 Å². The third-order valence-electron chi connectivity index (χ3n) is 3.72. The maximum atomic E-state index is 3.60. The topological polar surface area (TPSA) is 15.3 Å². The van der Waals surface area contributed by atoms with Gasteiger partial charge in [-0.2, -0.15) is 0 Å².